The molecule has 3 rings (SSSR count). The number of ether oxygens (including phenoxy) is 1. The van der Waals surface area contributed by atoms with Gasteiger partial charge in [0.15, 0.2) is 0 Å². The van der Waals surface area contributed by atoms with Gasteiger partial charge in [0.1, 0.15) is 0 Å². The van der Waals surface area contributed by atoms with Gasteiger partial charge in [-0.3, -0.25) is 0 Å². The number of hydrogen-bond donors (Lipinski definition) is 0. The largest absolute Gasteiger partial charge is 0.373 e. The Bertz CT molecular complexity index is 521. The van der Waals surface area contributed by atoms with Crippen molar-refractivity contribution in [3.8, 4) is 0 Å². The Hall–Kier alpha value is -0.840. The second kappa shape index (κ2) is 6.47. The molecule has 5 heteroatoms. The van der Waals surface area contributed by atoms with E-state index in [1.165, 1.54) is 25.7 Å². The highest BCUT2D eigenvalue weighted by molar-refractivity contribution is 5.38. The molecule has 0 amide bonds. The lowest BCUT2D eigenvalue weighted by molar-refractivity contribution is -0.176. The van der Waals surface area contributed by atoms with E-state index in [2.05, 4.69) is 6.92 Å². The maximum absolute atomic E-state index is 14.2. The fraction of sp³-hybridized carbons (Fsp3) is 0.789. The fourth-order valence-electron chi connectivity index (χ4n) is 4.31. The van der Waals surface area contributed by atoms with Crippen LogP contribution in [0.1, 0.15) is 52.4 Å². The lowest BCUT2D eigenvalue weighted by Crippen LogP contribution is -2.49. The lowest BCUT2D eigenvalue weighted by Gasteiger charge is -2.40. The van der Waals surface area contributed by atoms with E-state index in [1.54, 1.807) is 0 Å². The molecule has 1 nitrogen and oxygen atoms in total. The van der Waals surface area contributed by atoms with Crippen LogP contribution in [-0.4, -0.2) is 24.6 Å². The van der Waals surface area contributed by atoms with Crippen LogP contribution in [-0.2, 0) is 4.74 Å². The second-order valence-corrected chi connectivity index (χ2v) is 7.80. The van der Waals surface area contributed by atoms with E-state index in [4.69, 9.17) is 4.74 Å². The van der Waals surface area contributed by atoms with Crippen molar-refractivity contribution < 1.29 is 22.3 Å². The molecular weight excluding hydrogens is 320 g/mol. The molecule has 0 spiro atoms. The van der Waals surface area contributed by atoms with Crippen molar-refractivity contribution in [2.45, 2.75) is 70.3 Å². The molecule has 1 saturated heterocycles. The second-order valence-electron chi connectivity index (χ2n) is 7.80. The van der Waals surface area contributed by atoms with Crippen LogP contribution in [0.2, 0.25) is 0 Å². The van der Waals surface area contributed by atoms with Gasteiger partial charge < -0.3 is 4.74 Å². The summed E-state index contributed by atoms with van der Waals surface area (Å²) in [6, 6.07) is 0. The Balaban J connectivity index is 1.64. The first kappa shape index (κ1) is 18.0. The number of rotatable bonds is 2. The van der Waals surface area contributed by atoms with Gasteiger partial charge in [-0.2, -0.15) is 17.6 Å². The third-order valence-corrected chi connectivity index (χ3v) is 6.15. The summed E-state index contributed by atoms with van der Waals surface area (Å²) in [6.45, 7) is 3.71. The molecule has 1 heterocycles. The smallest absolute Gasteiger partial charge is 0.338 e. The Morgan fingerprint density at radius 3 is 2.08 bits per heavy atom. The zero-order valence-electron chi connectivity index (χ0n) is 14.3. The van der Waals surface area contributed by atoms with Crippen molar-refractivity contribution in [2.24, 2.45) is 17.8 Å². The molecule has 2 unspecified atom stereocenters. The minimum atomic E-state index is -4.16. The zero-order valence-corrected chi connectivity index (χ0v) is 14.3. The van der Waals surface area contributed by atoms with Crippen LogP contribution in [0.25, 0.3) is 0 Å². The van der Waals surface area contributed by atoms with Gasteiger partial charge in [-0.25, -0.2) is 0 Å². The maximum Gasteiger partial charge on any atom is 0.338 e. The van der Waals surface area contributed by atoms with Gasteiger partial charge in [0.25, 0.3) is 0 Å². The topological polar surface area (TPSA) is 9.23 Å². The third kappa shape index (κ3) is 3.04. The number of alkyl halides is 4. The fourth-order valence-corrected chi connectivity index (χ4v) is 4.31. The minimum absolute atomic E-state index is 0.379. The van der Waals surface area contributed by atoms with E-state index in [-0.39, 0.29) is 0 Å². The highest BCUT2D eigenvalue weighted by Crippen LogP contribution is 2.50. The Labute approximate surface area is 141 Å². The van der Waals surface area contributed by atoms with Crippen molar-refractivity contribution >= 4 is 0 Å². The number of halogens is 4. The molecule has 2 aliphatic carbocycles. The van der Waals surface area contributed by atoms with Gasteiger partial charge in [-0.05, 0) is 50.4 Å². The maximum atomic E-state index is 14.2. The molecule has 0 bridgehead atoms. The van der Waals surface area contributed by atoms with Gasteiger partial charge in [-0.1, -0.05) is 31.9 Å². The third-order valence-electron chi connectivity index (χ3n) is 6.15. The molecule has 0 aromatic heterocycles. The summed E-state index contributed by atoms with van der Waals surface area (Å²) >= 11 is 0. The van der Waals surface area contributed by atoms with Gasteiger partial charge >= 0.3 is 11.8 Å². The Morgan fingerprint density at radius 1 is 0.875 bits per heavy atom. The van der Waals surface area contributed by atoms with Gasteiger partial charge in [0, 0.05) is 11.1 Å². The van der Waals surface area contributed by atoms with Crippen LogP contribution in [0.5, 0.6) is 0 Å². The predicted octanol–water partition coefficient (Wildman–Crippen LogP) is 5.76. The lowest BCUT2D eigenvalue weighted by atomic mass is 9.73. The SMILES string of the molecule is CC1=CC=C(C2CCC(C3CCC(C)CC3)CO2)C(F)(F)C1(F)F. The van der Waals surface area contributed by atoms with Crippen molar-refractivity contribution in [1.29, 1.82) is 0 Å². The predicted molar refractivity (Wildman–Crippen MR) is 85.3 cm³/mol. The molecule has 1 saturated carbocycles. The molecule has 2 fully saturated rings. The van der Waals surface area contributed by atoms with E-state index in [0.29, 0.717) is 24.9 Å². The summed E-state index contributed by atoms with van der Waals surface area (Å²) in [7, 11) is 0. The number of allylic oxidation sites excluding steroid dienone is 3. The van der Waals surface area contributed by atoms with Crippen LogP contribution in [0.15, 0.2) is 23.3 Å². The van der Waals surface area contributed by atoms with Crippen molar-refractivity contribution in [1.82, 2.24) is 0 Å². The van der Waals surface area contributed by atoms with Crippen LogP contribution in [0.4, 0.5) is 17.6 Å². The van der Waals surface area contributed by atoms with Crippen molar-refractivity contribution in [3.05, 3.63) is 23.3 Å². The van der Waals surface area contributed by atoms with E-state index < -0.39 is 29.1 Å². The van der Waals surface area contributed by atoms with Crippen LogP contribution in [0.3, 0.4) is 0 Å². The van der Waals surface area contributed by atoms with Crippen LogP contribution in [0, 0.1) is 17.8 Å². The summed E-state index contributed by atoms with van der Waals surface area (Å²) in [5, 5.41) is 0. The summed E-state index contributed by atoms with van der Waals surface area (Å²) in [4.78, 5) is 0. The van der Waals surface area contributed by atoms with Crippen molar-refractivity contribution in [3.63, 3.8) is 0 Å². The highest BCUT2D eigenvalue weighted by Gasteiger charge is 2.62. The summed E-state index contributed by atoms with van der Waals surface area (Å²) < 4.78 is 61.9. The molecular formula is C19H26F4O. The molecule has 3 aliphatic rings. The zero-order chi connectivity index (χ0) is 17.5. The van der Waals surface area contributed by atoms with Crippen molar-refractivity contribution in [2.75, 3.05) is 6.61 Å². The van der Waals surface area contributed by atoms with E-state index >= 15 is 0 Å². The molecule has 0 aromatic carbocycles. The molecule has 2 atom stereocenters. The average molecular weight is 346 g/mol. The van der Waals surface area contributed by atoms with Gasteiger partial charge in [-0.15, -0.1) is 0 Å². The first-order valence-corrected chi connectivity index (χ1v) is 9.00. The number of hydrogen-bond acceptors (Lipinski definition) is 1. The van der Waals surface area contributed by atoms with E-state index in [9.17, 15) is 17.6 Å². The van der Waals surface area contributed by atoms with E-state index in [1.807, 2.05) is 0 Å². The highest BCUT2D eigenvalue weighted by atomic mass is 19.3. The van der Waals surface area contributed by atoms with Crippen LogP contribution < -0.4 is 0 Å². The molecule has 1 aliphatic heterocycles. The molecule has 0 N–H and O–H groups in total. The van der Waals surface area contributed by atoms with Crippen LogP contribution >= 0.6 is 0 Å². The molecule has 0 radical (unpaired) electrons. The Morgan fingerprint density at radius 2 is 1.50 bits per heavy atom. The first-order valence-electron chi connectivity index (χ1n) is 9.00. The first-order chi connectivity index (χ1) is 11.2. The van der Waals surface area contributed by atoms with E-state index in [0.717, 1.165) is 31.4 Å². The molecule has 0 aromatic rings. The molecule has 136 valence electrons. The standard InChI is InChI=1S/C19H26F4O/c1-12-3-6-14(7-4-12)15-8-10-17(24-11-15)16-9-5-13(2)18(20,21)19(16,22)23/h5,9,12,14-15,17H,3-4,6-8,10-11H2,1-2H3. The summed E-state index contributed by atoms with van der Waals surface area (Å²) in [5.74, 6) is -6.56. The summed E-state index contributed by atoms with van der Waals surface area (Å²) in [5.41, 5.74) is -1.16. The minimum Gasteiger partial charge on any atom is -0.373 e. The van der Waals surface area contributed by atoms with Gasteiger partial charge in [0.2, 0.25) is 0 Å². The molecule has 24 heavy (non-hydrogen) atoms. The average Bonchev–Trinajstić information content (AvgIpc) is 2.54. The monoisotopic (exact) mass is 346 g/mol. The quantitative estimate of drug-likeness (QED) is 0.577. The Kier molecular flexibility index (Phi) is 4.84. The normalized spacial score (nSPS) is 39.1. The summed E-state index contributed by atoms with van der Waals surface area (Å²) in [6.07, 6.45) is 7.29. The van der Waals surface area contributed by atoms with Gasteiger partial charge in [0.05, 0.1) is 12.7 Å².